The highest BCUT2D eigenvalue weighted by Gasteiger charge is 2.29. The SMILES string of the molecule is Cc1cc(C(=O)NC2CCCc3cc(OC(F)F)ccc32)c(C)n1C1CC1. The Balaban J connectivity index is 1.54. The molecule has 144 valence electrons. The van der Waals surface area contributed by atoms with Crippen molar-refractivity contribution in [3.63, 3.8) is 0 Å². The molecule has 1 heterocycles. The number of halogens is 2. The van der Waals surface area contributed by atoms with E-state index in [-0.39, 0.29) is 17.7 Å². The van der Waals surface area contributed by atoms with Crippen LogP contribution in [0.25, 0.3) is 0 Å². The van der Waals surface area contributed by atoms with Crippen molar-refractivity contribution in [3.8, 4) is 5.75 Å². The highest BCUT2D eigenvalue weighted by atomic mass is 19.3. The summed E-state index contributed by atoms with van der Waals surface area (Å²) in [6, 6.07) is 7.41. The first-order chi connectivity index (χ1) is 12.9. The van der Waals surface area contributed by atoms with Crippen LogP contribution in [0.4, 0.5) is 8.78 Å². The molecular weight excluding hydrogens is 350 g/mol. The van der Waals surface area contributed by atoms with E-state index in [2.05, 4.69) is 14.6 Å². The molecule has 1 saturated carbocycles. The van der Waals surface area contributed by atoms with Crippen molar-refractivity contribution in [2.45, 2.75) is 64.6 Å². The molecule has 27 heavy (non-hydrogen) atoms. The number of nitrogens with zero attached hydrogens (tertiary/aromatic N) is 1. The Bertz CT molecular complexity index is 871. The van der Waals surface area contributed by atoms with E-state index in [1.54, 1.807) is 18.2 Å². The van der Waals surface area contributed by atoms with Crippen LogP contribution in [0.5, 0.6) is 5.75 Å². The van der Waals surface area contributed by atoms with Crippen LogP contribution in [0.3, 0.4) is 0 Å². The Morgan fingerprint density at radius 2 is 2.00 bits per heavy atom. The minimum Gasteiger partial charge on any atom is -0.435 e. The molecule has 1 N–H and O–H groups in total. The summed E-state index contributed by atoms with van der Waals surface area (Å²) in [6.45, 7) is 1.22. The molecule has 1 aromatic carbocycles. The summed E-state index contributed by atoms with van der Waals surface area (Å²) >= 11 is 0. The van der Waals surface area contributed by atoms with E-state index in [1.807, 2.05) is 19.9 Å². The maximum absolute atomic E-state index is 12.9. The molecule has 2 aliphatic carbocycles. The molecular formula is C21H24F2N2O2. The first-order valence-corrected chi connectivity index (χ1v) is 9.51. The van der Waals surface area contributed by atoms with Crippen molar-refractivity contribution in [3.05, 3.63) is 52.3 Å². The Hall–Kier alpha value is -2.37. The largest absolute Gasteiger partial charge is 0.435 e. The molecule has 4 nitrogen and oxygen atoms in total. The summed E-state index contributed by atoms with van der Waals surface area (Å²) in [6.07, 6.45) is 4.90. The number of rotatable bonds is 5. The molecule has 1 amide bonds. The number of benzene rings is 1. The number of amides is 1. The lowest BCUT2D eigenvalue weighted by Gasteiger charge is -2.27. The van der Waals surface area contributed by atoms with Gasteiger partial charge in [0.05, 0.1) is 11.6 Å². The van der Waals surface area contributed by atoms with Gasteiger partial charge in [-0.05, 0) is 75.3 Å². The number of hydrogen-bond donors (Lipinski definition) is 1. The van der Waals surface area contributed by atoms with Gasteiger partial charge in [0.15, 0.2) is 0 Å². The lowest BCUT2D eigenvalue weighted by Crippen LogP contribution is -2.31. The van der Waals surface area contributed by atoms with Crippen LogP contribution in [-0.2, 0) is 6.42 Å². The van der Waals surface area contributed by atoms with Gasteiger partial charge in [0.2, 0.25) is 0 Å². The molecule has 1 unspecified atom stereocenters. The molecule has 0 aliphatic heterocycles. The second-order valence-corrected chi connectivity index (χ2v) is 7.54. The number of alkyl halides is 2. The minimum atomic E-state index is -2.83. The fraction of sp³-hybridized carbons (Fsp3) is 0.476. The molecule has 2 aliphatic rings. The van der Waals surface area contributed by atoms with Gasteiger partial charge in [-0.3, -0.25) is 4.79 Å². The van der Waals surface area contributed by atoms with Gasteiger partial charge in [-0.2, -0.15) is 8.78 Å². The van der Waals surface area contributed by atoms with Gasteiger partial charge >= 0.3 is 6.61 Å². The number of fused-ring (bicyclic) bond motifs is 1. The van der Waals surface area contributed by atoms with Crippen LogP contribution in [0.15, 0.2) is 24.3 Å². The van der Waals surface area contributed by atoms with Crippen molar-refractivity contribution < 1.29 is 18.3 Å². The molecule has 4 rings (SSSR count). The van der Waals surface area contributed by atoms with Crippen LogP contribution < -0.4 is 10.1 Å². The molecule has 6 heteroatoms. The van der Waals surface area contributed by atoms with E-state index in [4.69, 9.17) is 0 Å². The van der Waals surface area contributed by atoms with E-state index < -0.39 is 6.61 Å². The Morgan fingerprint density at radius 1 is 1.22 bits per heavy atom. The fourth-order valence-corrected chi connectivity index (χ4v) is 4.25. The zero-order valence-corrected chi connectivity index (χ0v) is 15.6. The average molecular weight is 374 g/mol. The maximum Gasteiger partial charge on any atom is 0.387 e. The number of carbonyl (C=O) groups excluding carboxylic acids is 1. The summed E-state index contributed by atoms with van der Waals surface area (Å²) in [7, 11) is 0. The van der Waals surface area contributed by atoms with Crippen molar-refractivity contribution >= 4 is 5.91 Å². The highest BCUT2D eigenvalue weighted by Crippen LogP contribution is 2.38. The van der Waals surface area contributed by atoms with E-state index in [0.29, 0.717) is 6.04 Å². The van der Waals surface area contributed by atoms with Crippen LogP contribution in [0, 0.1) is 13.8 Å². The number of aryl methyl sites for hydroxylation is 2. The fourth-order valence-electron chi connectivity index (χ4n) is 4.25. The van der Waals surface area contributed by atoms with E-state index >= 15 is 0 Å². The van der Waals surface area contributed by atoms with Crippen molar-refractivity contribution in [2.24, 2.45) is 0 Å². The second-order valence-electron chi connectivity index (χ2n) is 7.54. The summed E-state index contributed by atoms with van der Waals surface area (Å²) in [5.41, 5.74) is 4.83. The van der Waals surface area contributed by atoms with Crippen LogP contribution in [0.1, 0.15) is 70.6 Å². The van der Waals surface area contributed by atoms with Crippen molar-refractivity contribution in [1.29, 1.82) is 0 Å². The molecule has 1 fully saturated rings. The lowest BCUT2D eigenvalue weighted by molar-refractivity contribution is -0.0499. The number of aromatic nitrogens is 1. The van der Waals surface area contributed by atoms with Gasteiger partial charge in [-0.25, -0.2) is 0 Å². The van der Waals surface area contributed by atoms with Gasteiger partial charge in [0.1, 0.15) is 5.75 Å². The Labute approximate surface area is 157 Å². The Morgan fingerprint density at radius 3 is 2.70 bits per heavy atom. The lowest BCUT2D eigenvalue weighted by atomic mass is 9.87. The van der Waals surface area contributed by atoms with E-state index in [1.165, 1.54) is 12.8 Å². The standard InChI is InChI=1S/C21H24F2N2O2/c1-12-10-18(13(2)25(12)15-6-7-15)20(26)24-19-5-3-4-14-11-16(27-21(22)23)8-9-17(14)19/h8-11,15,19,21H,3-7H2,1-2H3,(H,24,26). The van der Waals surface area contributed by atoms with Gasteiger partial charge < -0.3 is 14.6 Å². The van der Waals surface area contributed by atoms with Crippen molar-refractivity contribution in [1.82, 2.24) is 9.88 Å². The van der Waals surface area contributed by atoms with Gasteiger partial charge in [-0.1, -0.05) is 6.07 Å². The zero-order chi connectivity index (χ0) is 19.1. The first-order valence-electron chi connectivity index (χ1n) is 9.51. The predicted octanol–water partition coefficient (Wildman–Crippen LogP) is 4.85. The molecule has 0 radical (unpaired) electrons. The predicted molar refractivity (Wildman–Crippen MR) is 98.4 cm³/mol. The topological polar surface area (TPSA) is 43.3 Å². The number of hydrogen-bond acceptors (Lipinski definition) is 2. The van der Waals surface area contributed by atoms with Crippen LogP contribution in [-0.4, -0.2) is 17.1 Å². The third kappa shape index (κ3) is 3.57. The van der Waals surface area contributed by atoms with Crippen LogP contribution >= 0.6 is 0 Å². The summed E-state index contributed by atoms with van der Waals surface area (Å²) in [5.74, 6) is 0.101. The van der Waals surface area contributed by atoms with Gasteiger partial charge in [-0.15, -0.1) is 0 Å². The zero-order valence-electron chi connectivity index (χ0n) is 15.6. The third-order valence-electron chi connectivity index (χ3n) is 5.60. The molecule has 0 saturated heterocycles. The van der Waals surface area contributed by atoms with Crippen molar-refractivity contribution in [2.75, 3.05) is 0 Å². The monoisotopic (exact) mass is 374 g/mol. The molecule has 2 aromatic rings. The first kappa shape index (κ1) is 18.0. The summed E-state index contributed by atoms with van der Waals surface area (Å²) in [5, 5.41) is 3.15. The molecule has 1 aromatic heterocycles. The third-order valence-corrected chi connectivity index (χ3v) is 5.60. The molecule has 0 spiro atoms. The quantitative estimate of drug-likeness (QED) is 0.813. The average Bonchev–Trinajstić information content (AvgIpc) is 3.39. The minimum absolute atomic E-state index is 0.0687. The highest BCUT2D eigenvalue weighted by molar-refractivity contribution is 5.96. The smallest absolute Gasteiger partial charge is 0.387 e. The van der Waals surface area contributed by atoms with Gasteiger partial charge in [0.25, 0.3) is 5.91 Å². The number of nitrogens with one attached hydrogen (secondary N) is 1. The van der Waals surface area contributed by atoms with Crippen LogP contribution in [0.2, 0.25) is 0 Å². The van der Waals surface area contributed by atoms with E-state index in [0.717, 1.165) is 47.3 Å². The molecule has 0 bridgehead atoms. The van der Waals surface area contributed by atoms with Gasteiger partial charge in [0, 0.05) is 17.4 Å². The summed E-state index contributed by atoms with van der Waals surface area (Å²) in [4.78, 5) is 12.9. The normalized spacial score (nSPS) is 19.1. The summed E-state index contributed by atoms with van der Waals surface area (Å²) < 4.78 is 31.6. The second kappa shape index (κ2) is 6.98. The molecule has 1 atom stereocenters. The maximum atomic E-state index is 12.9. The number of carbonyl (C=O) groups is 1. The number of ether oxygens (including phenoxy) is 1. The Kier molecular flexibility index (Phi) is 4.66. The van der Waals surface area contributed by atoms with E-state index in [9.17, 15) is 13.6 Å².